The van der Waals surface area contributed by atoms with E-state index in [0.717, 1.165) is 0 Å². The van der Waals surface area contributed by atoms with Crippen LogP contribution in [0, 0.1) is 17.8 Å². The minimum absolute atomic E-state index is 0.0178. The van der Waals surface area contributed by atoms with Crippen molar-refractivity contribution in [3.63, 3.8) is 0 Å². The zero-order chi connectivity index (χ0) is 42.3. The second kappa shape index (κ2) is 22.5. The summed E-state index contributed by atoms with van der Waals surface area (Å²) in [5, 5.41) is 24.7. The average molecular weight is 788 g/mol. The number of methoxy groups -OCH3 is 1. The maximum absolute atomic E-state index is 14.1. The molecule has 312 valence electrons. The van der Waals surface area contributed by atoms with Crippen molar-refractivity contribution in [3.8, 4) is 0 Å². The standard InChI is InChI=1S/C39H61N7O10/c1-9-23(6)32(37(53)44-31(22(4)5)39(55)56-8)45-36(52)29-16-13-17-46(29)38(54)33(49)26(19-25-14-11-10-12-15-25)42-35(51)28(20-30(40)48)43-34(50)27(18-21(2)3)41-24(7)47/h10-12,14-15,21-23,26-29,31-33,49H,9,13,16-20H2,1-8H3,(H2,40,48)(H,41,47)(H,42,51)(H,43,50)(H,44,53)(H,45,52)/t23-,26-,27-,28-,29-,31-,32-,33+/m0/s1. The maximum atomic E-state index is 14.1. The Balaban J connectivity index is 2.37. The maximum Gasteiger partial charge on any atom is 0.328 e. The van der Waals surface area contributed by atoms with E-state index in [1.807, 2.05) is 20.8 Å². The van der Waals surface area contributed by atoms with Crippen molar-refractivity contribution in [1.29, 1.82) is 0 Å². The van der Waals surface area contributed by atoms with Gasteiger partial charge in [-0.15, -0.1) is 0 Å². The molecular formula is C39H61N7O10. The van der Waals surface area contributed by atoms with Gasteiger partial charge in [0, 0.05) is 13.5 Å². The lowest BCUT2D eigenvalue weighted by Crippen LogP contribution is -2.61. The van der Waals surface area contributed by atoms with E-state index in [1.165, 1.54) is 18.9 Å². The predicted octanol–water partition coefficient (Wildman–Crippen LogP) is -0.178. The largest absolute Gasteiger partial charge is 0.467 e. The van der Waals surface area contributed by atoms with Crippen LogP contribution in [-0.4, -0.2) is 113 Å². The quantitative estimate of drug-likeness (QED) is 0.0810. The molecular weight excluding hydrogens is 726 g/mol. The van der Waals surface area contributed by atoms with Crippen molar-refractivity contribution in [3.05, 3.63) is 35.9 Å². The third-order valence-corrected chi connectivity index (χ3v) is 9.75. The number of nitrogens with one attached hydrogen (secondary N) is 5. The first-order chi connectivity index (χ1) is 26.3. The Labute approximate surface area is 329 Å². The van der Waals surface area contributed by atoms with E-state index in [0.29, 0.717) is 18.4 Å². The highest BCUT2D eigenvalue weighted by Gasteiger charge is 2.42. The summed E-state index contributed by atoms with van der Waals surface area (Å²) < 4.78 is 4.84. The Morgan fingerprint density at radius 3 is 2.02 bits per heavy atom. The summed E-state index contributed by atoms with van der Waals surface area (Å²) in [6, 6.07) is 1.74. The van der Waals surface area contributed by atoms with E-state index in [-0.39, 0.29) is 43.6 Å². The molecule has 0 spiro atoms. The molecule has 0 saturated carbocycles. The van der Waals surface area contributed by atoms with Crippen LogP contribution < -0.4 is 32.3 Å². The van der Waals surface area contributed by atoms with Crippen LogP contribution in [-0.2, 0) is 49.5 Å². The molecule has 17 heteroatoms. The summed E-state index contributed by atoms with van der Waals surface area (Å²) in [5.74, 6) is -6.45. The second-order valence-corrected chi connectivity index (χ2v) is 15.2. The van der Waals surface area contributed by atoms with Crippen LogP contribution in [0.5, 0.6) is 0 Å². The predicted molar refractivity (Wildman–Crippen MR) is 206 cm³/mol. The van der Waals surface area contributed by atoms with Crippen molar-refractivity contribution in [2.75, 3.05) is 13.7 Å². The van der Waals surface area contributed by atoms with Gasteiger partial charge in [0.25, 0.3) is 5.91 Å². The van der Waals surface area contributed by atoms with Gasteiger partial charge in [-0.05, 0) is 49.0 Å². The zero-order valence-electron chi connectivity index (χ0n) is 33.8. The van der Waals surface area contributed by atoms with Gasteiger partial charge in [0.1, 0.15) is 30.2 Å². The van der Waals surface area contributed by atoms with Crippen molar-refractivity contribution in [2.45, 2.75) is 129 Å². The lowest BCUT2D eigenvalue weighted by molar-refractivity contribution is -0.148. The lowest BCUT2D eigenvalue weighted by atomic mass is 9.96. The first kappa shape index (κ1) is 47.1. The second-order valence-electron chi connectivity index (χ2n) is 15.2. The van der Waals surface area contributed by atoms with Gasteiger partial charge in [0.2, 0.25) is 35.4 Å². The van der Waals surface area contributed by atoms with Crippen LogP contribution in [0.1, 0.15) is 86.1 Å². The first-order valence-corrected chi connectivity index (χ1v) is 19.2. The number of amides is 7. The number of hydrogen-bond donors (Lipinski definition) is 7. The summed E-state index contributed by atoms with van der Waals surface area (Å²) >= 11 is 0. The van der Waals surface area contributed by atoms with Gasteiger partial charge in [-0.25, -0.2) is 4.79 Å². The van der Waals surface area contributed by atoms with Crippen LogP contribution in [0.2, 0.25) is 0 Å². The fraction of sp³-hybridized carbons (Fsp3) is 0.641. The lowest BCUT2D eigenvalue weighted by Gasteiger charge is -2.33. The van der Waals surface area contributed by atoms with Gasteiger partial charge in [0.05, 0.1) is 19.6 Å². The smallest absolute Gasteiger partial charge is 0.328 e. The van der Waals surface area contributed by atoms with Gasteiger partial charge in [-0.2, -0.15) is 0 Å². The summed E-state index contributed by atoms with van der Waals surface area (Å²) in [6.45, 7) is 12.1. The Morgan fingerprint density at radius 2 is 1.48 bits per heavy atom. The van der Waals surface area contributed by atoms with E-state index in [9.17, 15) is 43.5 Å². The minimum Gasteiger partial charge on any atom is -0.467 e. The molecule has 1 heterocycles. The molecule has 0 bridgehead atoms. The molecule has 1 fully saturated rings. The molecule has 0 radical (unpaired) electrons. The van der Waals surface area contributed by atoms with Gasteiger partial charge in [-0.3, -0.25) is 33.6 Å². The summed E-state index contributed by atoms with van der Waals surface area (Å²) in [6.07, 6.45) is -1.21. The number of carbonyl (C=O) groups excluding carboxylic acids is 8. The van der Waals surface area contributed by atoms with Crippen LogP contribution in [0.4, 0.5) is 0 Å². The number of aliphatic hydroxyl groups excluding tert-OH is 1. The van der Waals surface area contributed by atoms with Crippen molar-refractivity contribution in [2.24, 2.45) is 23.5 Å². The third-order valence-electron chi connectivity index (χ3n) is 9.75. The number of hydrogen-bond acceptors (Lipinski definition) is 10. The number of esters is 1. The Bertz CT molecular complexity index is 1540. The van der Waals surface area contributed by atoms with Gasteiger partial charge in [0.15, 0.2) is 6.10 Å². The third kappa shape index (κ3) is 14.2. The first-order valence-electron chi connectivity index (χ1n) is 19.2. The average Bonchev–Trinajstić information content (AvgIpc) is 3.64. The van der Waals surface area contributed by atoms with Crippen LogP contribution in [0.15, 0.2) is 30.3 Å². The molecule has 1 aromatic rings. The molecule has 56 heavy (non-hydrogen) atoms. The Morgan fingerprint density at radius 1 is 0.857 bits per heavy atom. The topological polar surface area (TPSA) is 255 Å². The molecule has 1 aliphatic heterocycles. The van der Waals surface area contributed by atoms with E-state index < -0.39 is 96.1 Å². The number of likely N-dealkylation sites (tertiary alicyclic amines) is 1. The molecule has 8 atom stereocenters. The van der Waals surface area contributed by atoms with Crippen molar-refractivity contribution < 1.29 is 48.2 Å². The number of nitrogens with two attached hydrogens (primary N) is 1. The minimum atomic E-state index is -1.90. The summed E-state index contributed by atoms with van der Waals surface area (Å²) in [4.78, 5) is 106. The fourth-order valence-electron chi connectivity index (χ4n) is 6.49. The molecule has 7 amide bonds. The van der Waals surface area contributed by atoms with Crippen LogP contribution >= 0.6 is 0 Å². The number of ether oxygens (including phenoxy) is 1. The van der Waals surface area contributed by atoms with Crippen LogP contribution in [0.25, 0.3) is 0 Å². The number of benzene rings is 1. The molecule has 1 saturated heterocycles. The van der Waals surface area contributed by atoms with Gasteiger partial charge >= 0.3 is 5.97 Å². The number of aliphatic hydroxyl groups is 1. The molecule has 1 aromatic carbocycles. The molecule has 17 nitrogen and oxygen atoms in total. The van der Waals surface area contributed by atoms with Crippen molar-refractivity contribution >= 4 is 47.3 Å². The van der Waals surface area contributed by atoms with E-state index in [4.69, 9.17) is 10.5 Å². The number of rotatable bonds is 21. The summed E-state index contributed by atoms with van der Waals surface area (Å²) in [5.41, 5.74) is 6.07. The number of nitrogens with zero attached hydrogens (tertiary/aromatic N) is 1. The monoisotopic (exact) mass is 787 g/mol. The molecule has 2 rings (SSSR count). The highest BCUT2D eigenvalue weighted by Crippen LogP contribution is 2.22. The van der Waals surface area contributed by atoms with E-state index in [2.05, 4.69) is 26.6 Å². The molecule has 8 N–H and O–H groups in total. The summed E-state index contributed by atoms with van der Waals surface area (Å²) in [7, 11) is 1.21. The van der Waals surface area contributed by atoms with E-state index in [1.54, 1.807) is 51.1 Å². The highest BCUT2D eigenvalue weighted by atomic mass is 16.5. The van der Waals surface area contributed by atoms with Crippen LogP contribution in [0.3, 0.4) is 0 Å². The number of carbonyl (C=O) groups is 8. The molecule has 0 aromatic heterocycles. The zero-order valence-corrected chi connectivity index (χ0v) is 33.8. The van der Waals surface area contributed by atoms with Crippen molar-refractivity contribution in [1.82, 2.24) is 31.5 Å². The molecule has 1 aliphatic rings. The Hall–Kier alpha value is -5.06. The number of primary amides is 1. The Kier molecular flexibility index (Phi) is 18.9. The van der Waals surface area contributed by atoms with E-state index >= 15 is 0 Å². The van der Waals surface area contributed by atoms with Gasteiger partial charge < -0.3 is 47.1 Å². The fourth-order valence-corrected chi connectivity index (χ4v) is 6.49. The molecule has 0 aliphatic carbocycles. The van der Waals surface area contributed by atoms with Gasteiger partial charge in [-0.1, -0.05) is 78.3 Å². The normalized spacial score (nSPS) is 17.7. The molecule has 0 unspecified atom stereocenters. The highest BCUT2D eigenvalue weighted by molar-refractivity contribution is 5.96. The SMILES string of the molecule is CC[C@H](C)[C@H](NC(=O)[C@@H]1CCCN1C(=O)[C@H](O)[C@H](Cc1ccccc1)NC(=O)[C@H](CC(N)=O)NC(=O)[C@H](CC(C)C)NC(C)=O)C(=O)N[C@H](C(=O)OC)C(C)C.